The monoisotopic (exact) mass is 292 g/mol. The van der Waals surface area contributed by atoms with Crippen molar-refractivity contribution in [2.45, 2.75) is 63.7 Å². The molecule has 0 amide bonds. The minimum Gasteiger partial charge on any atom is -0.491 e. The average molecular weight is 292 g/mol. The van der Waals surface area contributed by atoms with Crippen LogP contribution >= 0.6 is 0 Å². The van der Waals surface area contributed by atoms with E-state index in [0.717, 1.165) is 24.2 Å². The maximum absolute atomic E-state index is 5.92. The van der Waals surface area contributed by atoms with Crippen molar-refractivity contribution in [3.8, 4) is 5.75 Å². The van der Waals surface area contributed by atoms with Crippen LogP contribution in [-0.4, -0.2) is 18.8 Å². The maximum Gasteiger partial charge on any atom is 0.120 e. The first-order chi connectivity index (χ1) is 10.1. The van der Waals surface area contributed by atoms with Gasteiger partial charge in [0.1, 0.15) is 5.75 Å². The molecule has 118 valence electrons. The molecular formula is C17H28N2O2. The standard InChI is InChI=1S/C17H28N2O2/c1-13(2)21-15-9-7-8-14(12-15)16(19-18)17(20-3)10-5-4-6-11-17/h7-9,12-13,16,19H,4-6,10-11,18H2,1-3H3. The third-order valence-corrected chi connectivity index (χ3v) is 4.36. The Morgan fingerprint density at radius 1 is 1.19 bits per heavy atom. The van der Waals surface area contributed by atoms with Gasteiger partial charge in [-0.1, -0.05) is 31.4 Å². The number of ether oxygens (including phenoxy) is 2. The number of hydrogen-bond donors (Lipinski definition) is 2. The van der Waals surface area contributed by atoms with Crippen LogP contribution in [0.25, 0.3) is 0 Å². The smallest absolute Gasteiger partial charge is 0.120 e. The highest BCUT2D eigenvalue weighted by Gasteiger charge is 2.40. The van der Waals surface area contributed by atoms with E-state index in [9.17, 15) is 0 Å². The first kappa shape index (κ1) is 16.3. The minimum atomic E-state index is -0.219. The lowest BCUT2D eigenvalue weighted by atomic mass is 9.77. The number of benzene rings is 1. The van der Waals surface area contributed by atoms with E-state index in [1.807, 2.05) is 26.0 Å². The second-order valence-corrected chi connectivity index (χ2v) is 6.17. The van der Waals surface area contributed by atoms with Crippen molar-refractivity contribution in [1.82, 2.24) is 5.43 Å². The molecule has 1 atom stereocenters. The normalized spacial score (nSPS) is 19.5. The fourth-order valence-corrected chi connectivity index (χ4v) is 3.35. The summed E-state index contributed by atoms with van der Waals surface area (Å²) < 4.78 is 11.7. The molecule has 1 saturated carbocycles. The first-order valence-electron chi connectivity index (χ1n) is 7.89. The van der Waals surface area contributed by atoms with E-state index in [-0.39, 0.29) is 17.7 Å². The van der Waals surface area contributed by atoms with Gasteiger partial charge in [-0.3, -0.25) is 11.3 Å². The highest BCUT2D eigenvalue weighted by Crippen LogP contribution is 2.41. The van der Waals surface area contributed by atoms with E-state index in [4.69, 9.17) is 15.3 Å². The minimum absolute atomic E-state index is 0.0153. The summed E-state index contributed by atoms with van der Waals surface area (Å²) in [6, 6.07) is 8.15. The summed E-state index contributed by atoms with van der Waals surface area (Å²) >= 11 is 0. The fourth-order valence-electron chi connectivity index (χ4n) is 3.35. The van der Waals surface area contributed by atoms with Crippen molar-refractivity contribution >= 4 is 0 Å². The molecule has 1 aromatic rings. The summed E-state index contributed by atoms with van der Waals surface area (Å²) in [5.41, 5.74) is 3.89. The van der Waals surface area contributed by atoms with Crippen molar-refractivity contribution < 1.29 is 9.47 Å². The Labute approximate surface area is 128 Å². The van der Waals surface area contributed by atoms with Gasteiger partial charge < -0.3 is 9.47 Å². The second kappa shape index (κ2) is 7.25. The second-order valence-electron chi connectivity index (χ2n) is 6.17. The average Bonchev–Trinajstić information content (AvgIpc) is 2.48. The summed E-state index contributed by atoms with van der Waals surface area (Å²) in [5.74, 6) is 6.76. The largest absolute Gasteiger partial charge is 0.491 e. The molecule has 2 rings (SSSR count). The number of methoxy groups -OCH3 is 1. The zero-order valence-corrected chi connectivity index (χ0v) is 13.4. The topological polar surface area (TPSA) is 56.5 Å². The van der Waals surface area contributed by atoms with Crippen molar-refractivity contribution in [1.29, 1.82) is 0 Å². The van der Waals surface area contributed by atoms with Gasteiger partial charge in [0.2, 0.25) is 0 Å². The Kier molecular flexibility index (Phi) is 5.62. The van der Waals surface area contributed by atoms with E-state index >= 15 is 0 Å². The molecule has 0 aromatic heterocycles. The van der Waals surface area contributed by atoms with Crippen LogP contribution in [0.5, 0.6) is 5.75 Å². The molecule has 3 N–H and O–H groups in total. The van der Waals surface area contributed by atoms with Crippen LogP contribution in [0.4, 0.5) is 0 Å². The first-order valence-corrected chi connectivity index (χ1v) is 7.89. The van der Waals surface area contributed by atoms with E-state index in [1.54, 1.807) is 7.11 Å². The predicted octanol–water partition coefficient (Wildman–Crippen LogP) is 3.33. The van der Waals surface area contributed by atoms with E-state index in [1.165, 1.54) is 19.3 Å². The Balaban J connectivity index is 2.27. The molecule has 1 unspecified atom stereocenters. The van der Waals surface area contributed by atoms with Crippen LogP contribution in [-0.2, 0) is 4.74 Å². The van der Waals surface area contributed by atoms with Gasteiger partial charge in [0, 0.05) is 7.11 Å². The Morgan fingerprint density at radius 2 is 1.90 bits per heavy atom. The molecule has 0 spiro atoms. The summed E-state index contributed by atoms with van der Waals surface area (Å²) in [4.78, 5) is 0. The van der Waals surface area contributed by atoms with Crippen LogP contribution in [0, 0.1) is 0 Å². The van der Waals surface area contributed by atoms with E-state index in [0.29, 0.717) is 0 Å². The van der Waals surface area contributed by atoms with Crippen molar-refractivity contribution in [3.63, 3.8) is 0 Å². The molecular weight excluding hydrogens is 264 g/mol. The van der Waals surface area contributed by atoms with Crippen LogP contribution in [0.3, 0.4) is 0 Å². The molecule has 0 saturated heterocycles. The van der Waals surface area contributed by atoms with Gasteiger partial charge in [0.15, 0.2) is 0 Å². The molecule has 1 aliphatic rings. The zero-order valence-electron chi connectivity index (χ0n) is 13.4. The summed E-state index contributed by atoms with van der Waals surface area (Å²) in [6.45, 7) is 4.06. The molecule has 0 bridgehead atoms. The van der Waals surface area contributed by atoms with Gasteiger partial charge in [-0.05, 0) is 44.4 Å². The molecule has 1 aliphatic carbocycles. The maximum atomic E-state index is 5.92. The third-order valence-electron chi connectivity index (χ3n) is 4.36. The summed E-state index contributed by atoms with van der Waals surface area (Å²) in [7, 11) is 1.80. The molecule has 1 aromatic carbocycles. The molecule has 0 aliphatic heterocycles. The molecule has 1 fully saturated rings. The fraction of sp³-hybridized carbons (Fsp3) is 0.647. The quantitative estimate of drug-likeness (QED) is 0.624. The van der Waals surface area contributed by atoms with Gasteiger partial charge in [-0.15, -0.1) is 0 Å². The number of hydrazine groups is 1. The number of nitrogens with two attached hydrogens (primary N) is 1. The van der Waals surface area contributed by atoms with Gasteiger partial charge in [-0.25, -0.2) is 0 Å². The van der Waals surface area contributed by atoms with E-state index in [2.05, 4.69) is 17.6 Å². The molecule has 0 heterocycles. The lowest BCUT2D eigenvalue weighted by Crippen LogP contribution is -2.49. The molecule has 0 radical (unpaired) electrons. The van der Waals surface area contributed by atoms with Crippen molar-refractivity contribution in [2.75, 3.05) is 7.11 Å². The van der Waals surface area contributed by atoms with Gasteiger partial charge in [-0.2, -0.15) is 0 Å². The Morgan fingerprint density at radius 3 is 2.48 bits per heavy atom. The number of rotatable bonds is 6. The lowest BCUT2D eigenvalue weighted by Gasteiger charge is -2.42. The molecule has 4 heteroatoms. The van der Waals surface area contributed by atoms with Gasteiger partial charge >= 0.3 is 0 Å². The van der Waals surface area contributed by atoms with Crippen LogP contribution in [0.1, 0.15) is 57.6 Å². The van der Waals surface area contributed by atoms with Crippen LogP contribution < -0.4 is 16.0 Å². The summed E-state index contributed by atoms with van der Waals surface area (Å²) in [5, 5.41) is 0. The number of nitrogens with one attached hydrogen (secondary N) is 1. The molecule has 21 heavy (non-hydrogen) atoms. The Bertz CT molecular complexity index is 442. The Hall–Kier alpha value is -1.10. The summed E-state index contributed by atoms with van der Waals surface area (Å²) in [6.07, 6.45) is 5.89. The van der Waals surface area contributed by atoms with Crippen LogP contribution in [0.15, 0.2) is 24.3 Å². The molecule has 4 nitrogen and oxygen atoms in total. The van der Waals surface area contributed by atoms with E-state index < -0.39 is 0 Å². The SMILES string of the molecule is COC1(C(NN)c2cccc(OC(C)C)c2)CCCCC1. The zero-order chi connectivity index (χ0) is 15.3. The van der Waals surface area contributed by atoms with Crippen molar-refractivity contribution in [2.24, 2.45) is 5.84 Å². The lowest BCUT2D eigenvalue weighted by molar-refractivity contribution is -0.0689. The number of hydrogen-bond acceptors (Lipinski definition) is 4. The highest BCUT2D eigenvalue weighted by molar-refractivity contribution is 5.32. The highest BCUT2D eigenvalue weighted by atomic mass is 16.5. The van der Waals surface area contributed by atoms with Gasteiger partial charge in [0.05, 0.1) is 17.7 Å². The third kappa shape index (κ3) is 3.76. The van der Waals surface area contributed by atoms with Crippen LogP contribution in [0.2, 0.25) is 0 Å². The predicted molar refractivity (Wildman–Crippen MR) is 85.1 cm³/mol. The van der Waals surface area contributed by atoms with Gasteiger partial charge in [0.25, 0.3) is 0 Å². The van der Waals surface area contributed by atoms with Crippen molar-refractivity contribution in [3.05, 3.63) is 29.8 Å².